The first-order chi connectivity index (χ1) is 13.3. The molecule has 0 saturated carbocycles. The van der Waals surface area contributed by atoms with Gasteiger partial charge in [-0.1, -0.05) is 47.5 Å². The molecule has 2 rings (SSSR count). The van der Waals surface area contributed by atoms with Crippen LogP contribution in [0, 0.1) is 13.8 Å². The molecule has 0 aromatic heterocycles. The van der Waals surface area contributed by atoms with Crippen LogP contribution in [0.25, 0.3) is 0 Å². The maximum Gasteiger partial charge on any atom is 0.303 e. The van der Waals surface area contributed by atoms with Crippen molar-refractivity contribution in [3.63, 3.8) is 0 Å². The van der Waals surface area contributed by atoms with E-state index < -0.39 is 5.97 Å². The van der Waals surface area contributed by atoms with Crippen LogP contribution in [-0.4, -0.2) is 35.5 Å². The molecule has 0 spiro atoms. The Bertz CT molecular complexity index is 813. The summed E-state index contributed by atoms with van der Waals surface area (Å²) in [7, 11) is 0. The predicted molar refractivity (Wildman–Crippen MR) is 107 cm³/mol. The number of carboxylic acids is 1. The summed E-state index contributed by atoms with van der Waals surface area (Å²) in [6.45, 7) is 3.66. The van der Waals surface area contributed by atoms with E-state index in [1.807, 2.05) is 50.2 Å². The highest BCUT2D eigenvalue weighted by Crippen LogP contribution is 2.09. The van der Waals surface area contributed by atoms with Crippen LogP contribution in [0.1, 0.15) is 39.9 Å². The van der Waals surface area contributed by atoms with Crippen molar-refractivity contribution in [2.24, 2.45) is 0 Å². The first-order valence-electron chi connectivity index (χ1n) is 9.25. The summed E-state index contributed by atoms with van der Waals surface area (Å²) < 4.78 is 0. The maximum atomic E-state index is 12.3. The number of nitrogens with one attached hydrogen (secondary N) is 2. The summed E-state index contributed by atoms with van der Waals surface area (Å²) in [6.07, 6.45) is 0.818. The Balaban J connectivity index is 1.92. The Morgan fingerprint density at radius 1 is 1.00 bits per heavy atom. The summed E-state index contributed by atoms with van der Waals surface area (Å²) in [4.78, 5) is 35.5. The molecular weight excluding hydrogens is 356 g/mol. The van der Waals surface area contributed by atoms with Gasteiger partial charge in [0.2, 0.25) is 5.91 Å². The molecule has 3 N–H and O–H groups in total. The molecule has 0 aliphatic heterocycles. The zero-order chi connectivity index (χ0) is 20.5. The largest absolute Gasteiger partial charge is 0.481 e. The van der Waals surface area contributed by atoms with Gasteiger partial charge in [-0.25, -0.2) is 0 Å². The molecule has 0 aliphatic carbocycles. The normalized spacial score (nSPS) is 11.5. The van der Waals surface area contributed by atoms with Crippen molar-refractivity contribution in [1.29, 1.82) is 0 Å². The number of rotatable bonds is 9. The summed E-state index contributed by atoms with van der Waals surface area (Å²) in [5.41, 5.74) is 3.48. The number of hydrogen-bond acceptors (Lipinski definition) is 3. The third-order valence-corrected chi connectivity index (χ3v) is 4.29. The highest BCUT2D eigenvalue weighted by atomic mass is 16.4. The number of hydrogen-bond donors (Lipinski definition) is 3. The highest BCUT2D eigenvalue weighted by Gasteiger charge is 2.16. The number of carbonyl (C=O) groups is 3. The minimum absolute atomic E-state index is 0.0350. The molecule has 0 heterocycles. The fourth-order valence-electron chi connectivity index (χ4n) is 3.07. The van der Waals surface area contributed by atoms with Crippen LogP contribution in [0.15, 0.2) is 48.5 Å². The van der Waals surface area contributed by atoms with Crippen LogP contribution in [0.3, 0.4) is 0 Å². The number of amides is 2. The third kappa shape index (κ3) is 7.23. The molecule has 2 amide bonds. The van der Waals surface area contributed by atoms with Gasteiger partial charge in [0, 0.05) is 18.0 Å². The monoisotopic (exact) mass is 382 g/mol. The van der Waals surface area contributed by atoms with Gasteiger partial charge in [0.05, 0.1) is 6.54 Å². The number of benzene rings is 2. The Hall–Kier alpha value is -3.15. The Morgan fingerprint density at radius 3 is 2.25 bits per heavy atom. The van der Waals surface area contributed by atoms with Crippen LogP contribution in [0.2, 0.25) is 0 Å². The van der Waals surface area contributed by atoms with Gasteiger partial charge in [0.25, 0.3) is 5.91 Å². The Kier molecular flexibility index (Phi) is 7.75. The van der Waals surface area contributed by atoms with Crippen LogP contribution in [-0.2, 0) is 16.0 Å². The van der Waals surface area contributed by atoms with Crippen molar-refractivity contribution in [2.75, 3.05) is 6.54 Å². The number of carboxylic acid groups (broad SMARTS) is 1. The van der Waals surface area contributed by atoms with Gasteiger partial charge in [-0.2, -0.15) is 0 Å². The van der Waals surface area contributed by atoms with E-state index >= 15 is 0 Å². The molecule has 0 fully saturated rings. The van der Waals surface area contributed by atoms with Crippen LogP contribution in [0.4, 0.5) is 0 Å². The van der Waals surface area contributed by atoms with E-state index in [4.69, 9.17) is 5.11 Å². The summed E-state index contributed by atoms with van der Waals surface area (Å²) in [5.74, 6) is -1.56. The molecule has 6 heteroatoms. The summed E-state index contributed by atoms with van der Waals surface area (Å²) >= 11 is 0. The minimum atomic E-state index is -0.907. The molecule has 1 unspecified atom stereocenters. The molecule has 0 saturated heterocycles. The van der Waals surface area contributed by atoms with Crippen LogP contribution < -0.4 is 10.6 Å². The van der Waals surface area contributed by atoms with E-state index in [1.54, 1.807) is 12.1 Å². The first-order valence-corrected chi connectivity index (χ1v) is 9.25. The maximum absolute atomic E-state index is 12.3. The number of carbonyl (C=O) groups excluding carboxylic acids is 2. The second kappa shape index (κ2) is 10.3. The lowest BCUT2D eigenvalue weighted by atomic mass is 10.0. The van der Waals surface area contributed by atoms with Crippen molar-refractivity contribution in [3.05, 3.63) is 70.8 Å². The molecule has 6 nitrogen and oxygen atoms in total. The Labute approximate surface area is 165 Å². The van der Waals surface area contributed by atoms with E-state index in [9.17, 15) is 14.4 Å². The van der Waals surface area contributed by atoms with Gasteiger partial charge in [-0.05, 0) is 44.4 Å². The molecule has 0 aliphatic rings. The third-order valence-electron chi connectivity index (χ3n) is 4.29. The molecule has 0 bridgehead atoms. The van der Waals surface area contributed by atoms with E-state index in [0.29, 0.717) is 18.4 Å². The lowest BCUT2D eigenvalue weighted by molar-refractivity contribution is -0.137. The quantitative estimate of drug-likeness (QED) is 0.621. The molecule has 28 heavy (non-hydrogen) atoms. The lowest BCUT2D eigenvalue weighted by Crippen LogP contribution is -2.43. The second-order valence-corrected chi connectivity index (χ2v) is 6.95. The van der Waals surface area contributed by atoms with E-state index in [0.717, 1.165) is 16.7 Å². The smallest absolute Gasteiger partial charge is 0.303 e. The highest BCUT2D eigenvalue weighted by molar-refractivity contribution is 5.96. The SMILES string of the molecule is Cc1cc(C)cc(C(=O)NCC(=O)NC(CCC(=O)O)Cc2ccccc2)c1. The molecule has 0 radical (unpaired) electrons. The molecule has 1 atom stereocenters. The molecule has 2 aromatic rings. The lowest BCUT2D eigenvalue weighted by Gasteiger charge is -2.18. The van der Waals surface area contributed by atoms with Crippen molar-refractivity contribution in [1.82, 2.24) is 10.6 Å². The van der Waals surface area contributed by atoms with Crippen molar-refractivity contribution in [3.8, 4) is 0 Å². The van der Waals surface area contributed by atoms with Crippen molar-refractivity contribution >= 4 is 17.8 Å². The van der Waals surface area contributed by atoms with E-state index in [1.165, 1.54) is 0 Å². The molecular formula is C22H26N2O4. The van der Waals surface area contributed by atoms with Crippen molar-refractivity contribution in [2.45, 2.75) is 39.2 Å². The fourth-order valence-corrected chi connectivity index (χ4v) is 3.07. The summed E-state index contributed by atoms with van der Waals surface area (Å²) in [6, 6.07) is 14.8. The van der Waals surface area contributed by atoms with E-state index in [2.05, 4.69) is 10.6 Å². The zero-order valence-corrected chi connectivity index (χ0v) is 16.2. The predicted octanol–water partition coefficient (Wildman–Crippen LogP) is 2.63. The van der Waals surface area contributed by atoms with Gasteiger partial charge in [-0.15, -0.1) is 0 Å². The fraction of sp³-hybridized carbons (Fsp3) is 0.318. The van der Waals surface area contributed by atoms with Crippen LogP contribution in [0.5, 0.6) is 0 Å². The standard InChI is InChI=1S/C22H26N2O4/c1-15-10-16(2)12-18(11-15)22(28)23-14-20(25)24-19(8-9-21(26)27)13-17-6-4-3-5-7-17/h3-7,10-12,19H,8-9,13-14H2,1-2H3,(H,23,28)(H,24,25)(H,26,27). The van der Waals surface area contributed by atoms with Crippen molar-refractivity contribution < 1.29 is 19.5 Å². The zero-order valence-electron chi connectivity index (χ0n) is 16.2. The second-order valence-electron chi connectivity index (χ2n) is 6.95. The number of aliphatic carboxylic acids is 1. The molecule has 148 valence electrons. The average Bonchev–Trinajstić information content (AvgIpc) is 2.64. The van der Waals surface area contributed by atoms with E-state index in [-0.39, 0.29) is 30.8 Å². The van der Waals surface area contributed by atoms with Gasteiger partial charge in [0.15, 0.2) is 0 Å². The van der Waals surface area contributed by atoms with Crippen LogP contribution >= 0.6 is 0 Å². The number of aryl methyl sites for hydroxylation is 2. The van der Waals surface area contributed by atoms with Gasteiger partial charge in [-0.3, -0.25) is 14.4 Å². The van der Waals surface area contributed by atoms with Gasteiger partial charge >= 0.3 is 5.97 Å². The Morgan fingerprint density at radius 2 is 1.64 bits per heavy atom. The average molecular weight is 382 g/mol. The van der Waals surface area contributed by atoms with Gasteiger partial charge in [0.1, 0.15) is 0 Å². The van der Waals surface area contributed by atoms with Gasteiger partial charge < -0.3 is 15.7 Å². The molecule has 2 aromatic carbocycles. The first kappa shape index (κ1) is 21.2. The topological polar surface area (TPSA) is 95.5 Å². The summed E-state index contributed by atoms with van der Waals surface area (Å²) in [5, 5.41) is 14.4. The minimum Gasteiger partial charge on any atom is -0.481 e.